The Hall–Kier alpha value is -9.24. The molecular weight excluding hydrogens is 847 g/mol. The second-order valence-corrected chi connectivity index (χ2v) is 18.0. The lowest BCUT2D eigenvalue weighted by Crippen LogP contribution is -2.10. The maximum Gasteiger partial charge on any atom is 0.145 e. The van der Waals surface area contributed by atoms with Gasteiger partial charge in [-0.15, -0.1) is 0 Å². The van der Waals surface area contributed by atoms with Gasteiger partial charge in [0.1, 0.15) is 11.2 Å². The van der Waals surface area contributed by atoms with Gasteiger partial charge in [0.15, 0.2) is 0 Å². The Bertz CT molecular complexity index is 4050. The molecule has 0 aliphatic rings. The summed E-state index contributed by atoms with van der Waals surface area (Å²) in [5, 5.41) is 7.02. The van der Waals surface area contributed by atoms with Crippen LogP contribution in [0, 0.1) is 0 Å². The van der Waals surface area contributed by atoms with E-state index in [-0.39, 0.29) is 0 Å². The summed E-state index contributed by atoms with van der Waals surface area (Å²) in [6.45, 7) is 0. The number of rotatable bonds is 9. The van der Waals surface area contributed by atoms with Crippen LogP contribution in [0.3, 0.4) is 0 Å². The minimum Gasteiger partial charge on any atom is -0.455 e. The van der Waals surface area contributed by atoms with Gasteiger partial charge in [0.05, 0.1) is 11.1 Å². The third kappa shape index (κ3) is 7.31. The molecule has 0 aliphatic carbocycles. The van der Waals surface area contributed by atoms with Gasteiger partial charge in [0.25, 0.3) is 0 Å². The van der Waals surface area contributed by atoms with E-state index in [1.54, 1.807) is 0 Å². The van der Waals surface area contributed by atoms with Gasteiger partial charge in [-0.05, 0) is 137 Å². The molecule has 0 fully saturated rings. The van der Waals surface area contributed by atoms with Gasteiger partial charge in [-0.25, -0.2) is 0 Å². The van der Waals surface area contributed by atoms with Crippen LogP contribution in [0.4, 0.5) is 17.1 Å². The molecule has 0 aliphatic heterocycles. The number of fused-ring (bicyclic) bond motifs is 5. The average molecular weight is 892 g/mol. The number of para-hydroxylation sites is 1. The first-order valence-electron chi connectivity index (χ1n) is 24.0. The summed E-state index contributed by atoms with van der Waals surface area (Å²) < 4.78 is 6.94. The van der Waals surface area contributed by atoms with E-state index in [1.165, 1.54) is 66.1 Å². The van der Waals surface area contributed by atoms with Crippen LogP contribution in [-0.2, 0) is 0 Å². The number of nitrogens with zero attached hydrogens (tertiary/aromatic N) is 1. The van der Waals surface area contributed by atoms with Gasteiger partial charge in [-0.2, -0.15) is 0 Å². The molecule has 1 heterocycles. The van der Waals surface area contributed by atoms with E-state index in [4.69, 9.17) is 4.42 Å². The lowest BCUT2D eigenvalue weighted by Gasteiger charge is -2.27. The van der Waals surface area contributed by atoms with Crippen LogP contribution in [0.15, 0.2) is 277 Å². The van der Waals surface area contributed by atoms with Gasteiger partial charge in [0.2, 0.25) is 0 Å². The minimum absolute atomic E-state index is 0.857. The van der Waals surface area contributed by atoms with Crippen LogP contribution < -0.4 is 4.90 Å². The topological polar surface area (TPSA) is 16.4 Å². The van der Waals surface area contributed by atoms with Crippen molar-refractivity contribution in [1.29, 1.82) is 0 Å². The Labute approximate surface area is 407 Å². The summed E-state index contributed by atoms with van der Waals surface area (Å²) in [5.74, 6) is 0. The zero-order valence-corrected chi connectivity index (χ0v) is 38.3. The first-order valence-corrected chi connectivity index (χ1v) is 24.0. The molecule has 0 amide bonds. The van der Waals surface area contributed by atoms with Crippen molar-refractivity contribution in [3.05, 3.63) is 273 Å². The average Bonchev–Trinajstić information content (AvgIpc) is 3.84. The molecule has 328 valence electrons. The Morgan fingerprint density at radius 2 is 0.743 bits per heavy atom. The summed E-state index contributed by atoms with van der Waals surface area (Å²) in [7, 11) is 0. The summed E-state index contributed by atoms with van der Waals surface area (Å²) in [4.78, 5) is 2.40. The number of benzene rings is 12. The van der Waals surface area contributed by atoms with Crippen LogP contribution >= 0.6 is 0 Å². The lowest BCUT2D eigenvalue weighted by molar-refractivity contribution is 0.670. The Kier molecular flexibility index (Phi) is 10.2. The van der Waals surface area contributed by atoms with Crippen molar-refractivity contribution in [2.45, 2.75) is 0 Å². The number of anilines is 3. The minimum atomic E-state index is 0.857. The predicted molar refractivity (Wildman–Crippen MR) is 296 cm³/mol. The van der Waals surface area contributed by atoms with Gasteiger partial charge in [-0.1, -0.05) is 218 Å². The number of hydrogen-bond donors (Lipinski definition) is 0. The van der Waals surface area contributed by atoms with E-state index in [0.29, 0.717) is 0 Å². The van der Waals surface area contributed by atoms with Crippen LogP contribution in [0.2, 0.25) is 0 Å². The number of hydrogen-bond acceptors (Lipinski definition) is 2. The second-order valence-electron chi connectivity index (χ2n) is 18.0. The third-order valence-electron chi connectivity index (χ3n) is 13.9. The quantitative estimate of drug-likeness (QED) is 0.144. The summed E-state index contributed by atoms with van der Waals surface area (Å²) >= 11 is 0. The molecule has 0 saturated heterocycles. The fourth-order valence-corrected chi connectivity index (χ4v) is 10.5. The SMILES string of the molecule is c1ccc(-c2ccccc2-c2ccccc2-c2ccc(N(c3ccc(-c4cccc(-c5ccc6ccccc6c5)c4)cc3)c3ccc(-c4cccc5ccccc45)c4oc5ccccc5c34)cc2)cc1. The van der Waals surface area contributed by atoms with Gasteiger partial charge in [0, 0.05) is 22.3 Å². The molecule has 2 nitrogen and oxygen atoms in total. The smallest absolute Gasteiger partial charge is 0.145 e. The molecule has 0 bridgehead atoms. The molecule has 13 rings (SSSR count). The Morgan fingerprint density at radius 1 is 0.257 bits per heavy atom. The molecule has 2 heteroatoms. The Balaban J connectivity index is 0.956. The molecule has 1 aromatic heterocycles. The first kappa shape index (κ1) is 41.0. The molecular formula is C68H45NO. The summed E-state index contributed by atoms with van der Waals surface area (Å²) in [6.07, 6.45) is 0. The van der Waals surface area contributed by atoms with Crippen molar-refractivity contribution in [3.63, 3.8) is 0 Å². The van der Waals surface area contributed by atoms with Crippen molar-refractivity contribution >= 4 is 60.5 Å². The molecule has 70 heavy (non-hydrogen) atoms. The van der Waals surface area contributed by atoms with Crippen molar-refractivity contribution < 1.29 is 4.42 Å². The monoisotopic (exact) mass is 891 g/mol. The fraction of sp³-hybridized carbons (Fsp3) is 0. The van der Waals surface area contributed by atoms with E-state index < -0.39 is 0 Å². The molecule has 13 aromatic rings. The highest BCUT2D eigenvalue weighted by Crippen LogP contribution is 2.48. The van der Waals surface area contributed by atoms with E-state index in [2.05, 4.69) is 278 Å². The van der Waals surface area contributed by atoms with E-state index in [0.717, 1.165) is 61.3 Å². The highest BCUT2D eigenvalue weighted by molar-refractivity contribution is 6.18. The van der Waals surface area contributed by atoms with Gasteiger partial charge >= 0.3 is 0 Å². The van der Waals surface area contributed by atoms with Crippen molar-refractivity contribution in [2.75, 3.05) is 4.90 Å². The molecule has 0 unspecified atom stereocenters. The third-order valence-corrected chi connectivity index (χ3v) is 13.9. The number of furan rings is 1. The predicted octanol–water partition coefficient (Wildman–Crippen LogP) is 19.4. The maximum absolute atomic E-state index is 6.94. The molecule has 0 atom stereocenters. The van der Waals surface area contributed by atoms with Crippen LogP contribution in [0.1, 0.15) is 0 Å². The van der Waals surface area contributed by atoms with E-state index in [9.17, 15) is 0 Å². The van der Waals surface area contributed by atoms with Crippen LogP contribution in [-0.4, -0.2) is 0 Å². The zero-order valence-electron chi connectivity index (χ0n) is 38.3. The Morgan fingerprint density at radius 3 is 1.47 bits per heavy atom. The van der Waals surface area contributed by atoms with Crippen molar-refractivity contribution in [1.82, 2.24) is 0 Å². The van der Waals surface area contributed by atoms with E-state index >= 15 is 0 Å². The fourth-order valence-electron chi connectivity index (χ4n) is 10.5. The highest BCUT2D eigenvalue weighted by atomic mass is 16.3. The molecule has 0 radical (unpaired) electrons. The van der Waals surface area contributed by atoms with Crippen molar-refractivity contribution in [3.8, 4) is 66.8 Å². The summed E-state index contributed by atoms with van der Waals surface area (Å²) in [5.41, 5.74) is 18.9. The largest absolute Gasteiger partial charge is 0.455 e. The highest BCUT2D eigenvalue weighted by Gasteiger charge is 2.23. The standard InChI is InChI=1S/C68H45NO/c1-2-17-48(18-3-1)57-25-8-10-27-60(57)61-28-11-9-26-59(61)50-36-40-56(41-37-50)69(55-38-34-47(35-39-55)52-22-14-23-53(44-52)54-33-32-46-16-4-5-20-51(46)45-54)65-43-42-63(62-30-15-21-49-19-6-7-24-58(49)62)68-67(65)64-29-12-13-31-66(64)70-68/h1-45H. The van der Waals surface area contributed by atoms with Crippen molar-refractivity contribution in [2.24, 2.45) is 0 Å². The molecule has 0 spiro atoms. The lowest BCUT2D eigenvalue weighted by atomic mass is 9.89. The normalized spacial score (nSPS) is 11.4. The molecule has 0 saturated carbocycles. The molecule has 12 aromatic carbocycles. The second kappa shape index (κ2) is 17.4. The van der Waals surface area contributed by atoms with Gasteiger partial charge in [-0.3, -0.25) is 0 Å². The van der Waals surface area contributed by atoms with Crippen LogP contribution in [0.25, 0.3) is 110 Å². The van der Waals surface area contributed by atoms with Crippen LogP contribution in [0.5, 0.6) is 0 Å². The maximum atomic E-state index is 6.94. The first-order chi connectivity index (χ1) is 34.7. The summed E-state index contributed by atoms with van der Waals surface area (Å²) in [6, 6.07) is 98.5. The van der Waals surface area contributed by atoms with Gasteiger partial charge < -0.3 is 9.32 Å². The zero-order chi connectivity index (χ0) is 46.4. The van der Waals surface area contributed by atoms with E-state index in [1.807, 2.05) is 0 Å². The molecule has 0 N–H and O–H groups in total.